The number of hydrogen-bond donors (Lipinski definition) is 1. The van der Waals surface area contributed by atoms with Gasteiger partial charge >= 0.3 is 0 Å². The molecule has 2 N–H and O–H groups in total. The fraction of sp³-hybridized carbons (Fsp3) is 0.500. The Labute approximate surface area is 122 Å². The summed E-state index contributed by atoms with van der Waals surface area (Å²) in [5, 5.41) is 0. The highest BCUT2D eigenvalue weighted by Crippen LogP contribution is 2.30. The molecule has 0 saturated carbocycles. The predicted molar refractivity (Wildman–Crippen MR) is 79.7 cm³/mol. The van der Waals surface area contributed by atoms with Gasteiger partial charge in [0.15, 0.2) is 0 Å². The van der Waals surface area contributed by atoms with E-state index in [0.717, 1.165) is 23.1 Å². The smallest absolute Gasteiger partial charge is 0.236 e. The molecule has 104 valence electrons. The molecule has 1 heterocycles. The highest BCUT2D eigenvalue weighted by atomic mass is 79.9. The monoisotopic (exact) mass is 325 g/mol. The van der Waals surface area contributed by atoms with Crippen molar-refractivity contribution in [3.05, 3.63) is 34.3 Å². The van der Waals surface area contributed by atoms with E-state index in [0.29, 0.717) is 6.54 Å². The molecular weight excluding hydrogens is 306 g/mol. The molecule has 1 saturated heterocycles. The first-order valence-corrected chi connectivity index (χ1v) is 7.28. The third-order valence-corrected chi connectivity index (χ3v) is 4.32. The Morgan fingerprint density at radius 3 is 2.58 bits per heavy atom. The maximum atomic E-state index is 11.9. The Morgan fingerprint density at radius 2 is 2.00 bits per heavy atom. The van der Waals surface area contributed by atoms with Crippen molar-refractivity contribution in [3.63, 3.8) is 0 Å². The quantitative estimate of drug-likeness (QED) is 0.918. The van der Waals surface area contributed by atoms with Crippen molar-refractivity contribution in [2.24, 2.45) is 5.73 Å². The van der Waals surface area contributed by atoms with E-state index >= 15 is 0 Å². The molecule has 1 aliphatic rings. The molecule has 0 bridgehead atoms. The Hall–Kier alpha value is -0.910. The predicted octanol–water partition coefficient (Wildman–Crippen LogP) is 1.61. The van der Waals surface area contributed by atoms with Crippen LogP contribution in [0.15, 0.2) is 28.7 Å². The summed E-state index contributed by atoms with van der Waals surface area (Å²) in [6, 6.07) is 8.11. The van der Waals surface area contributed by atoms with Gasteiger partial charge in [0.1, 0.15) is 0 Å². The van der Waals surface area contributed by atoms with Crippen LogP contribution in [-0.4, -0.2) is 48.4 Å². The van der Waals surface area contributed by atoms with Crippen molar-refractivity contribution in [2.45, 2.75) is 19.0 Å². The number of amides is 1. The normalized spacial score (nSPS) is 20.4. The molecule has 4 nitrogen and oxygen atoms in total. The lowest BCUT2D eigenvalue weighted by atomic mass is 9.98. The second-order valence-electron chi connectivity index (χ2n) is 5.11. The van der Waals surface area contributed by atoms with Gasteiger partial charge in [0.2, 0.25) is 5.91 Å². The molecule has 1 fully saturated rings. The molecular formula is C14H20BrN3O. The molecule has 0 spiro atoms. The molecule has 1 amide bonds. The van der Waals surface area contributed by atoms with Gasteiger partial charge in [0.05, 0.1) is 12.6 Å². The lowest BCUT2D eigenvalue weighted by Crippen LogP contribution is -2.52. The van der Waals surface area contributed by atoms with Crippen molar-refractivity contribution < 1.29 is 4.79 Å². The SMILES string of the molecule is CC(N)C(c1ccccc1Br)N1CCN(C)C(=O)C1. The largest absolute Gasteiger partial charge is 0.343 e. The zero-order valence-corrected chi connectivity index (χ0v) is 12.9. The summed E-state index contributed by atoms with van der Waals surface area (Å²) in [5.41, 5.74) is 7.31. The molecule has 1 aromatic rings. The van der Waals surface area contributed by atoms with E-state index in [4.69, 9.17) is 5.73 Å². The number of nitrogens with two attached hydrogens (primary N) is 1. The van der Waals surface area contributed by atoms with Gasteiger partial charge in [-0.15, -0.1) is 0 Å². The fourth-order valence-electron chi connectivity index (χ4n) is 2.54. The van der Waals surface area contributed by atoms with E-state index in [2.05, 4.69) is 26.9 Å². The van der Waals surface area contributed by atoms with Gasteiger partial charge in [0.25, 0.3) is 0 Å². The van der Waals surface area contributed by atoms with Crippen molar-refractivity contribution >= 4 is 21.8 Å². The van der Waals surface area contributed by atoms with Crippen LogP contribution in [0, 0.1) is 0 Å². The molecule has 19 heavy (non-hydrogen) atoms. The lowest BCUT2D eigenvalue weighted by molar-refractivity contribution is -0.135. The first kappa shape index (κ1) is 14.5. The van der Waals surface area contributed by atoms with Crippen LogP contribution in [0.5, 0.6) is 0 Å². The van der Waals surface area contributed by atoms with Crippen LogP contribution in [-0.2, 0) is 4.79 Å². The van der Waals surface area contributed by atoms with E-state index < -0.39 is 0 Å². The first-order chi connectivity index (χ1) is 9.00. The zero-order chi connectivity index (χ0) is 14.0. The zero-order valence-electron chi connectivity index (χ0n) is 11.3. The van der Waals surface area contributed by atoms with E-state index in [1.54, 1.807) is 4.90 Å². The molecule has 0 aromatic heterocycles. The first-order valence-electron chi connectivity index (χ1n) is 6.48. The second kappa shape index (κ2) is 6.03. The summed E-state index contributed by atoms with van der Waals surface area (Å²) in [7, 11) is 1.85. The van der Waals surface area contributed by atoms with Gasteiger partial charge in [-0.3, -0.25) is 9.69 Å². The summed E-state index contributed by atoms with van der Waals surface area (Å²) in [6.07, 6.45) is 0. The number of piperazine rings is 1. The number of rotatable bonds is 3. The molecule has 1 aliphatic heterocycles. The van der Waals surface area contributed by atoms with E-state index in [1.165, 1.54) is 0 Å². The number of halogens is 1. The van der Waals surface area contributed by atoms with E-state index in [-0.39, 0.29) is 18.0 Å². The standard InChI is InChI=1S/C14H20BrN3O/c1-10(16)14(11-5-3-4-6-12(11)15)18-8-7-17(2)13(19)9-18/h3-6,10,14H,7-9,16H2,1-2H3. The van der Waals surface area contributed by atoms with Crippen molar-refractivity contribution in [1.82, 2.24) is 9.80 Å². The maximum absolute atomic E-state index is 11.9. The average molecular weight is 326 g/mol. The molecule has 2 rings (SSSR count). The van der Waals surface area contributed by atoms with Gasteiger partial charge in [-0.2, -0.15) is 0 Å². The van der Waals surface area contributed by atoms with Crippen LogP contribution < -0.4 is 5.73 Å². The minimum absolute atomic E-state index is 0.0325. The third-order valence-electron chi connectivity index (χ3n) is 3.60. The second-order valence-corrected chi connectivity index (χ2v) is 5.97. The van der Waals surface area contributed by atoms with Gasteiger partial charge in [0, 0.05) is 30.7 Å². The minimum Gasteiger partial charge on any atom is -0.343 e. The number of carbonyl (C=O) groups excluding carboxylic acids is 1. The van der Waals surface area contributed by atoms with Gasteiger partial charge < -0.3 is 10.6 Å². The highest BCUT2D eigenvalue weighted by Gasteiger charge is 2.31. The Balaban J connectivity index is 2.27. The fourth-order valence-corrected chi connectivity index (χ4v) is 3.06. The van der Waals surface area contributed by atoms with E-state index in [9.17, 15) is 4.79 Å². The average Bonchev–Trinajstić information content (AvgIpc) is 2.36. The number of nitrogens with zero attached hydrogens (tertiary/aromatic N) is 2. The van der Waals surface area contributed by atoms with Crippen molar-refractivity contribution in [2.75, 3.05) is 26.7 Å². The number of benzene rings is 1. The summed E-state index contributed by atoms with van der Waals surface area (Å²) >= 11 is 3.58. The maximum Gasteiger partial charge on any atom is 0.236 e. The molecule has 2 unspecified atom stereocenters. The van der Waals surface area contributed by atoms with Crippen LogP contribution in [0.3, 0.4) is 0 Å². The van der Waals surface area contributed by atoms with E-state index in [1.807, 2.05) is 32.2 Å². The van der Waals surface area contributed by atoms with Crippen LogP contribution in [0.1, 0.15) is 18.5 Å². The van der Waals surface area contributed by atoms with Gasteiger partial charge in [-0.25, -0.2) is 0 Å². The van der Waals surface area contributed by atoms with Gasteiger partial charge in [-0.1, -0.05) is 34.1 Å². The number of carbonyl (C=O) groups is 1. The molecule has 5 heteroatoms. The Kier molecular flexibility index (Phi) is 4.60. The molecule has 0 radical (unpaired) electrons. The van der Waals surface area contributed by atoms with Crippen LogP contribution in [0.25, 0.3) is 0 Å². The highest BCUT2D eigenvalue weighted by molar-refractivity contribution is 9.10. The third kappa shape index (κ3) is 3.16. The summed E-state index contributed by atoms with van der Waals surface area (Å²) in [5.74, 6) is 0.156. The molecule has 0 aliphatic carbocycles. The van der Waals surface area contributed by atoms with Crippen LogP contribution in [0.2, 0.25) is 0 Å². The van der Waals surface area contributed by atoms with Crippen molar-refractivity contribution in [1.29, 1.82) is 0 Å². The molecule has 2 atom stereocenters. The topological polar surface area (TPSA) is 49.6 Å². The van der Waals surface area contributed by atoms with Crippen molar-refractivity contribution in [3.8, 4) is 0 Å². The number of likely N-dealkylation sites (N-methyl/N-ethyl adjacent to an activating group) is 1. The summed E-state index contributed by atoms with van der Waals surface area (Å²) in [4.78, 5) is 15.8. The van der Waals surface area contributed by atoms with Crippen LogP contribution in [0.4, 0.5) is 0 Å². The Morgan fingerprint density at radius 1 is 1.32 bits per heavy atom. The summed E-state index contributed by atoms with van der Waals surface area (Å²) in [6.45, 7) is 4.04. The molecule has 1 aromatic carbocycles. The Bertz CT molecular complexity index is 464. The minimum atomic E-state index is -0.0325. The van der Waals surface area contributed by atoms with Crippen LogP contribution >= 0.6 is 15.9 Å². The van der Waals surface area contributed by atoms with Gasteiger partial charge in [-0.05, 0) is 18.6 Å². The lowest BCUT2D eigenvalue weighted by Gasteiger charge is -2.39. The summed E-state index contributed by atoms with van der Waals surface area (Å²) < 4.78 is 1.05. The number of hydrogen-bond acceptors (Lipinski definition) is 3.